The van der Waals surface area contributed by atoms with Crippen LogP contribution in [-0.2, 0) is 27.6 Å². The number of fused-ring (bicyclic) bond motifs is 1. The van der Waals surface area contributed by atoms with Gasteiger partial charge in [0.2, 0.25) is 5.76 Å². The van der Waals surface area contributed by atoms with E-state index < -0.39 is 16.0 Å². The van der Waals surface area contributed by atoms with Crippen molar-refractivity contribution >= 4 is 44.2 Å². The van der Waals surface area contributed by atoms with Crippen molar-refractivity contribution in [2.45, 2.75) is 24.7 Å². The first-order valence-corrected chi connectivity index (χ1v) is 19.3. The molecular weight excluding hydrogens is 687 g/mol. The summed E-state index contributed by atoms with van der Waals surface area (Å²) in [5, 5.41) is 0.483. The van der Waals surface area contributed by atoms with Gasteiger partial charge in [0, 0.05) is 43.7 Å². The number of anilines is 2. The van der Waals surface area contributed by atoms with E-state index in [1.54, 1.807) is 13.0 Å². The fraction of sp³-hybridized carbons (Fsp3) is 0.209. The van der Waals surface area contributed by atoms with Crippen LogP contribution >= 0.6 is 0 Å². The summed E-state index contributed by atoms with van der Waals surface area (Å²) in [4.78, 5) is 30.4. The average molecular weight is 728 g/mol. The van der Waals surface area contributed by atoms with E-state index in [1.807, 2.05) is 102 Å². The monoisotopic (exact) mass is 727 g/mol. The number of nitrogens with zero attached hydrogens (tertiary/aromatic N) is 3. The van der Waals surface area contributed by atoms with Gasteiger partial charge in [0.05, 0.1) is 22.9 Å². The van der Waals surface area contributed by atoms with Crippen LogP contribution in [0.3, 0.4) is 0 Å². The number of sulfonamides is 1. The van der Waals surface area contributed by atoms with E-state index >= 15 is 0 Å². The van der Waals surface area contributed by atoms with E-state index in [4.69, 9.17) is 9.15 Å². The molecule has 1 fully saturated rings. The molecule has 7 rings (SSSR count). The number of rotatable bonds is 12. The van der Waals surface area contributed by atoms with Crippen molar-refractivity contribution in [3.63, 3.8) is 0 Å². The van der Waals surface area contributed by atoms with E-state index in [0.29, 0.717) is 61.2 Å². The van der Waals surface area contributed by atoms with Gasteiger partial charge in [-0.2, -0.15) is 0 Å². The molecule has 1 saturated heterocycles. The van der Waals surface area contributed by atoms with E-state index in [0.717, 1.165) is 22.4 Å². The predicted molar refractivity (Wildman–Crippen MR) is 207 cm³/mol. The van der Waals surface area contributed by atoms with Crippen LogP contribution in [-0.4, -0.2) is 64.5 Å². The minimum atomic E-state index is -4.10. The van der Waals surface area contributed by atoms with Gasteiger partial charge < -0.3 is 19.0 Å². The number of ether oxygens (including phenoxy) is 1. The number of esters is 1. The van der Waals surface area contributed by atoms with Crippen molar-refractivity contribution in [2.75, 3.05) is 48.5 Å². The largest absolute Gasteiger partial charge is 0.460 e. The zero-order valence-electron chi connectivity index (χ0n) is 29.6. The third kappa shape index (κ3) is 7.83. The van der Waals surface area contributed by atoms with E-state index in [1.165, 1.54) is 22.5 Å². The van der Waals surface area contributed by atoms with Gasteiger partial charge in [-0.3, -0.25) is 9.10 Å². The Labute approximate surface area is 310 Å². The molecule has 10 heteroatoms. The lowest BCUT2D eigenvalue weighted by Crippen LogP contribution is -2.49. The maximum absolute atomic E-state index is 14.7. The van der Waals surface area contributed by atoms with Crippen LogP contribution in [0, 0.1) is 0 Å². The molecule has 1 amide bonds. The van der Waals surface area contributed by atoms with Gasteiger partial charge in [0.25, 0.3) is 15.9 Å². The first kappa shape index (κ1) is 35.5. The molecule has 0 saturated carbocycles. The van der Waals surface area contributed by atoms with E-state index in [-0.39, 0.29) is 29.7 Å². The minimum Gasteiger partial charge on any atom is -0.460 e. The van der Waals surface area contributed by atoms with Gasteiger partial charge in [0.15, 0.2) is 0 Å². The zero-order chi connectivity index (χ0) is 36.8. The van der Waals surface area contributed by atoms with Crippen LogP contribution in [0.25, 0.3) is 11.0 Å². The Balaban J connectivity index is 1.15. The Morgan fingerprint density at radius 3 is 2.15 bits per heavy atom. The SMILES string of the molecule is CCOC(=O)c1cc2cc(S(=O)(=O)N(CCc3ccccc3)c3ccccc3N3CCN(C(=O)c4ccccc4Cc4ccccc4)CC3)ccc2o1. The lowest BCUT2D eigenvalue weighted by Gasteiger charge is -2.38. The number of hydrogen-bond donors (Lipinski definition) is 0. The molecule has 9 nitrogen and oxygen atoms in total. The smallest absolute Gasteiger partial charge is 0.374 e. The molecule has 53 heavy (non-hydrogen) atoms. The number of piperazine rings is 1. The van der Waals surface area contributed by atoms with E-state index in [2.05, 4.69) is 17.0 Å². The lowest BCUT2D eigenvalue weighted by molar-refractivity contribution is 0.0492. The fourth-order valence-electron chi connectivity index (χ4n) is 6.82. The summed E-state index contributed by atoms with van der Waals surface area (Å²) in [6.45, 7) is 4.14. The van der Waals surface area contributed by atoms with Crippen molar-refractivity contribution < 1.29 is 27.2 Å². The Morgan fingerprint density at radius 2 is 1.42 bits per heavy atom. The molecule has 0 bridgehead atoms. The van der Waals surface area contributed by atoms with Crippen LogP contribution in [0.1, 0.15) is 44.5 Å². The van der Waals surface area contributed by atoms with Gasteiger partial charge in [-0.15, -0.1) is 0 Å². The number of furan rings is 1. The first-order chi connectivity index (χ1) is 25.8. The summed E-state index contributed by atoms with van der Waals surface area (Å²) in [7, 11) is -4.10. The normalized spacial score (nSPS) is 13.2. The molecule has 5 aromatic carbocycles. The average Bonchev–Trinajstić information content (AvgIpc) is 3.63. The molecule has 2 heterocycles. The minimum absolute atomic E-state index is 0.00251. The second-order valence-corrected chi connectivity index (χ2v) is 14.8. The standard InChI is InChI=1S/C43H41N3O6S/c1-2-51-43(48)41-31-35-30-36(21-22-40(35)52-41)53(49,50)46(24-23-32-13-5-3-6-14-32)39-20-12-11-19-38(39)44-25-27-45(28-26-44)42(47)37-18-10-9-17-34(37)29-33-15-7-4-8-16-33/h3-22,30-31H,2,23-29H2,1H3. The highest BCUT2D eigenvalue weighted by Crippen LogP contribution is 2.35. The van der Waals surface area contributed by atoms with Crippen LogP contribution in [0.5, 0.6) is 0 Å². The molecule has 0 aliphatic carbocycles. The molecule has 6 aromatic rings. The van der Waals surface area contributed by atoms with Crippen molar-refractivity contribution in [3.05, 3.63) is 161 Å². The van der Waals surface area contributed by atoms with Crippen molar-refractivity contribution in [1.29, 1.82) is 0 Å². The van der Waals surface area contributed by atoms with Gasteiger partial charge in [0.1, 0.15) is 5.58 Å². The van der Waals surface area contributed by atoms with E-state index in [9.17, 15) is 18.0 Å². The summed E-state index contributed by atoms with van der Waals surface area (Å²) in [6, 6.07) is 41.4. The third-order valence-electron chi connectivity index (χ3n) is 9.54. The van der Waals surface area contributed by atoms with Crippen LogP contribution in [0.4, 0.5) is 11.4 Å². The highest BCUT2D eigenvalue weighted by Gasteiger charge is 2.31. The molecular formula is C43H41N3O6S. The van der Waals surface area contributed by atoms with Crippen LogP contribution in [0.15, 0.2) is 143 Å². The van der Waals surface area contributed by atoms with Gasteiger partial charge >= 0.3 is 5.97 Å². The topological polar surface area (TPSA) is 100 Å². The van der Waals surface area contributed by atoms with Gasteiger partial charge in [-0.25, -0.2) is 13.2 Å². The predicted octanol–water partition coefficient (Wildman–Crippen LogP) is 7.60. The maximum Gasteiger partial charge on any atom is 0.374 e. The number of carbonyl (C=O) groups excluding carboxylic acids is 2. The lowest BCUT2D eigenvalue weighted by atomic mass is 9.99. The highest BCUT2D eigenvalue weighted by molar-refractivity contribution is 7.92. The zero-order valence-corrected chi connectivity index (χ0v) is 30.4. The number of hydrogen-bond acceptors (Lipinski definition) is 7. The second-order valence-electron chi connectivity index (χ2n) is 12.9. The number of para-hydroxylation sites is 2. The van der Waals surface area contributed by atoms with Gasteiger partial charge in [-0.1, -0.05) is 91.0 Å². The van der Waals surface area contributed by atoms with Crippen molar-refractivity contribution in [2.24, 2.45) is 0 Å². The van der Waals surface area contributed by atoms with Gasteiger partial charge in [-0.05, 0) is 78.9 Å². The van der Waals surface area contributed by atoms with Crippen molar-refractivity contribution in [1.82, 2.24) is 4.90 Å². The summed E-state index contributed by atoms with van der Waals surface area (Å²) in [6.07, 6.45) is 1.16. The summed E-state index contributed by atoms with van der Waals surface area (Å²) < 4.78 is 41.6. The molecule has 1 aliphatic rings. The molecule has 1 aromatic heterocycles. The number of amides is 1. The first-order valence-electron chi connectivity index (χ1n) is 17.8. The van der Waals surface area contributed by atoms with Crippen LogP contribution < -0.4 is 9.21 Å². The molecule has 0 unspecified atom stereocenters. The second kappa shape index (κ2) is 15.8. The summed E-state index contributed by atoms with van der Waals surface area (Å²) >= 11 is 0. The van der Waals surface area contributed by atoms with Crippen LogP contribution in [0.2, 0.25) is 0 Å². The Morgan fingerprint density at radius 1 is 0.755 bits per heavy atom. The molecule has 1 aliphatic heterocycles. The third-order valence-corrected chi connectivity index (χ3v) is 11.4. The molecule has 0 atom stereocenters. The molecule has 0 N–H and O–H groups in total. The fourth-order valence-corrected chi connectivity index (χ4v) is 8.33. The molecule has 0 radical (unpaired) electrons. The number of carbonyl (C=O) groups is 2. The quantitative estimate of drug-likeness (QED) is 0.120. The Hall–Kier alpha value is -5.87. The Bertz CT molecular complexity index is 2320. The Kier molecular flexibility index (Phi) is 10.6. The summed E-state index contributed by atoms with van der Waals surface area (Å²) in [5.74, 6) is -0.595. The molecule has 270 valence electrons. The molecule has 0 spiro atoms. The highest BCUT2D eigenvalue weighted by atomic mass is 32.2. The van der Waals surface area contributed by atoms with Crippen molar-refractivity contribution in [3.8, 4) is 0 Å². The number of benzene rings is 5. The maximum atomic E-state index is 14.7. The summed E-state index contributed by atoms with van der Waals surface area (Å²) in [5.41, 5.74) is 5.55.